The van der Waals surface area contributed by atoms with E-state index in [0.717, 1.165) is 50.2 Å². The van der Waals surface area contributed by atoms with Crippen LogP contribution in [-0.4, -0.2) is 75.7 Å². The first kappa shape index (κ1) is 20.3. The van der Waals surface area contributed by atoms with Gasteiger partial charge in [0.15, 0.2) is 5.82 Å². The Balaban J connectivity index is 1.48. The lowest BCUT2D eigenvalue weighted by atomic mass is 9.47. The maximum Gasteiger partial charge on any atom is 0.350 e. The molecular formula is C22H28N6O3S. The van der Waals surface area contributed by atoms with Crippen molar-refractivity contribution >= 4 is 23.7 Å². The van der Waals surface area contributed by atoms with Gasteiger partial charge in [0.2, 0.25) is 6.41 Å². The largest absolute Gasteiger partial charge is 0.465 e. The lowest BCUT2D eigenvalue weighted by molar-refractivity contribution is -0.158. The van der Waals surface area contributed by atoms with E-state index in [-0.39, 0.29) is 11.5 Å². The second-order valence-corrected chi connectivity index (χ2v) is 10.7. The van der Waals surface area contributed by atoms with Crippen LogP contribution in [0.3, 0.4) is 0 Å². The molecule has 5 aliphatic rings. The Morgan fingerprint density at radius 1 is 1.12 bits per heavy atom. The van der Waals surface area contributed by atoms with Gasteiger partial charge in [0.25, 0.3) is 0 Å². The number of aromatic nitrogens is 4. The minimum absolute atomic E-state index is 0.263. The summed E-state index contributed by atoms with van der Waals surface area (Å²) in [6, 6.07) is 1.91. The average Bonchev–Trinajstić information content (AvgIpc) is 3.48. The number of carbonyl (C=O) groups excluding carboxylic acids is 2. The molecule has 5 fully saturated rings. The average molecular weight is 457 g/mol. The summed E-state index contributed by atoms with van der Waals surface area (Å²) < 4.78 is 6.82. The van der Waals surface area contributed by atoms with E-state index in [1.165, 1.54) is 50.6 Å². The number of thiophene rings is 1. The van der Waals surface area contributed by atoms with Crippen LogP contribution in [0.25, 0.3) is 5.69 Å². The maximum absolute atomic E-state index is 12.4. The van der Waals surface area contributed by atoms with Crippen molar-refractivity contribution in [3.63, 3.8) is 0 Å². The summed E-state index contributed by atoms with van der Waals surface area (Å²) >= 11 is 1.35. The smallest absolute Gasteiger partial charge is 0.350 e. The van der Waals surface area contributed by atoms with Crippen LogP contribution in [0.5, 0.6) is 0 Å². The Kier molecular flexibility index (Phi) is 4.83. The quantitative estimate of drug-likeness (QED) is 0.501. The lowest BCUT2D eigenvalue weighted by Gasteiger charge is -2.64. The molecule has 0 N–H and O–H groups in total. The monoisotopic (exact) mass is 456 g/mol. The highest BCUT2D eigenvalue weighted by molar-refractivity contribution is 7.12. The number of rotatable bonds is 5. The lowest BCUT2D eigenvalue weighted by Crippen LogP contribution is -2.67. The zero-order chi connectivity index (χ0) is 21.9. The highest BCUT2D eigenvalue weighted by Gasteiger charge is 2.63. The highest BCUT2D eigenvalue weighted by atomic mass is 32.1. The van der Waals surface area contributed by atoms with E-state index in [1.807, 2.05) is 16.3 Å². The number of methoxy groups -OCH3 is 1. The molecule has 0 unspecified atom stereocenters. The van der Waals surface area contributed by atoms with Crippen molar-refractivity contribution in [1.82, 2.24) is 30.0 Å². The molecule has 10 heteroatoms. The van der Waals surface area contributed by atoms with Gasteiger partial charge in [-0.05, 0) is 77.6 Å². The van der Waals surface area contributed by atoms with Crippen molar-refractivity contribution in [2.75, 3.05) is 33.3 Å². The van der Waals surface area contributed by atoms with Crippen LogP contribution < -0.4 is 0 Å². The van der Waals surface area contributed by atoms with E-state index in [9.17, 15) is 9.59 Å². The fourth-order valence-electron chi connectivity index (χ4n) is 7.44. The molecule has 0 radical (unpaired) electrons. The van der Waals surface area contributed by atoms with Gasteiger partial charge >= 0.3 is 5.97 Å². The summed E-state index contributed by atoms with van der Waals surface area (Å²) in [5, 5.41) is 15.1. The van der Waals surface area contributed by atoms with E-state index >= 15 is 0 Å². The van der Waals surface area contributed by atoms with Crippen LogP contribution >= 0.6 is 11.3 Å². The van der Waals surface area contributed by atoms with Crippen LogP contribution in [0.15, 0.2) is 11.4 Å². The van der Waals surface area contributed by atoms with Gasteiger partial charge in [0.05, 0.1) is 18.3 Å². The predicted molar refractivity (Wildman–Crippen MR) is 116 cm³/mol. The van der Waals surface area contributed by atoms with Crippen molar-refractivity contribution in [1.29, 1.82) is 0 Å². The van der Waals surface area contributed by atoms with Crippen molar-refractivity contribution in [3.8, 4) is 5.69 Å². The van der Waals surface area contributed by atoms with E-state index in [2.05, 4.69) is 20.4 Å². The summed E-state index contributed by atoms with van der Waals surface area (Å²) in [4.78, 5) is 28.7. The van der Waals surface area contributed by atoms with Crippen molar-refractivity contribution in [2.45, 2.75) is 37.6 Å². The molecule has 2 aromatic rings. The number of esters is 1. The third-order valence-corrected chi connectivity index (χ3v) is 9.32. The van der Waals surface area contributed by atoms with Gasteiger partial charge < -0.3 is 9.64 Å². The van der Waals surface area contributed by atoms with E-state index in [1.54, 1.807) is 4.68 Å². The molecule has 0 atom stereocenters. The molecule has 1 amide bonds. The number of carbonyl (C=O) groups is 2. The summed E-state index contributed by atoms with van der Waals surface area (Å²) in [6.07, 6.45) is 7.16. The topological polar surface area (TPSA) is 93.4 Å². The molecule has 7 rings (SSSR count). The van der Waals surface area contributed by atoms with Crippen LogP contribution in [0.2, 0.25) is 0 Å². The molecule has 0 spiro atoms. The summed E-state index contributed by atoms with van der Waals surface area (Å²) in [7, 11) is 1.40. The molecule has 3 heterocycles. The third-order valence-electron chi connectivity index (χ3n) is 8.44. The second-order valence-electron chi connectivity index (χ2n) is 9.80. The molecule has 4 bridgehead atoms. The van der Waals surface area contributed by atoms with E-state index in [4.69, 9.17) is 4.74 Å². The predicted octanol–water partition coefficient (Wildman–Crippen LogP) is 1.94. The van der Waals surface area contributed by atoms with E-state index < -0.39 is 0 Å². The van der Waals surface area contributed by atoms with Gasteiger partial charge in [0, 0.05) is 26.2 Å². The molecular weight excluding hydrogens is 428 g/mol. The second kappa shape index (κ2) is 7.62. The zero-order valence-corrected chi connectivity index (χ0v) is 19.0. The Hall–Kier alpha value is -2.33. The number of nitrogens with zero attached hydrogens (tertiary/aromatic N) is 6. The van der Waals surface area contributed by atoms with Crippen molar-refractivity contribution < 1.29 is 14.3 Å². The molecule has 1 saturated heterocycles. The van der Waals surface area contributed by atoms with Crippen LogP contribution in [-0.2, 0) is 15.1 Å². The SMILES string of the molecule is COC(=O)c1sccc1-n1nnnc1C1(N2CCN(C=O)CC2)C2CC3CC(C2)CC1C3. The molecule has 32 heavy (non-hydrogen) atoms. The standard InChI is InChI=1S/C22H28N6O3S/c1-31-20(30)19-18(2-7-32-19)28-21(23-24-25-28)22(27-5-3-26(13-29)4-6-27)16-9-14-8-15(11-16)12-17(22)10-14/h2,7,13-17H,3-6,8-12H2,1H3. The maximum atomic E-state index is 12.4. The molecule has 4 saturated carbocycles. The normalized spacial score (nSPS) is 34.1. The minimum Gasteiger partial charge on any atom is -0.465 e. The molecule has 4 aliphatic carbocycles. The van der Waals surface area contributed by atoms with Gasteiger partial charge in [-0.25, -0.2) is 4.79 Å². The number of hydrogen-bond acceptors (Lipinski definition) is 8. The summed E-state index contributed by atoms with van der Waals surface area (Å²) in [5.41, 5.74) is 0.433. The van der Waals surface area contributed by atoms with Gasteiger partial charge in [-0.3, -0.25) is 9.69 Å². The fourth-order valence-corrected chi connectivity index (χ4v) is 8.22. The first-order valence-electron chi connectivity index (χ1n) is 11.5. The number of amides is 1. The molecule has 2 aromatic heterocycles. The third kappa shape index (κ3) is 2.81. The number of hydrogen-bond donors (Lipinski definition) is 0. The molecule has 9 nitrogen and oxygen atoms in total. The Morgan fingerprint density at radius 3 is 2.44 bits per heavy atom. The van der Waals surface area contributed by atoms with Crippen molar-refractivity contribution in [3.05, 3.63) is 22.1 Å². The Labute approximate surface area is 190 Å². The number of tetrazole rings is 1. The number of piperazine rings is 1. The zero-order valence-electron chi connectivity index (χ0n) is 18.2. The van der Waals surface area contributed by atoms with Crippen LogP contribution in [0.4, 0.5) is 0 Å². The summed E-state index contributed by atoms with van der Waals surface area (Å²) in [6.45, 7) is 3.10. The first-order valence-corrected chi connectivity index (χ1v) is 12.4. The van der Waals surface area contributed by atoms with E-state index in [0.29, 0.717) is 22.4 Å². The fraction of sp³-hybridized carbons (Fsp3) is 0.682. The van der Waals surface area contributed by atoms with Crippen LogP contribution in [0.1, 0.15) is 47.6 Å². The van der Waals surface area contributed by atoms with Crippen molar-refractivity contribution in [2.24, 2.45) is 23.7 Å². The van der Waals surface area contributed by atoms with Gasteiger partial charge in [-0.1, -0.05) is 0 Å². The van der Waals surface area contributed by atoms with Gasteiger partial charge in [-0.2, -0.15) is 4.68 Å². The minimum atomic E-state index is -0.366. The Morgan fingerprint density at radius 2 is 1.81 bits per heavy atom. The summed E-state index contributed by atoms with van der Waals surface area (Å²) in [5.74, 6) is 3.08. The molecule has 170 valence electrons. The molecule has 1 aliphatic heterocycles. The van der Waals surface area contributed by atoms with Crippen LogP contribution in [0, 0.1) is 23.7 Å². The van der Waals surface area contributed by atoms with Gasteiger partial charge in [-0.15, -0.1) is 16.4 Å². The number of ether oxygens (including phenoxy) is 1. The first-order chi connectivity index (χ1) is 15.6. The Bertz CT molecular complexity index is 999. The molecule has 0 aromatic carbocycles. The highest BCUT2D eigenvalue weighted by Crippen LogP contribution is 2.63. The van der Waals surface area contributed by atoms with Gasteiger partial charge in [0.1, 0.15) is 4.88 Å².